The zero-order valence-electron chi connectivity index (χ0n) is 13.7. The molecule has 6 heteroatoms. The normalized spacial score (nSPS) is 35.6. The molecule has 0 radical (unpaired) electrons. The minimum Gasteiger partial charge on any atom is -0.453 e. The van der Waals surface area contributed by atoms with E-state index in [0.717, 1.165) is 19.3 Å². The molecule has 23 heavy (non-hydrogen) atoms. The van der Waals surface area contributed by atoms with Crippen LogP contribution in [0.2, 0.25) is 0 Å². The molecule has 1 atom stereocenters. The molecule has 3 N–H and O–H groups in total. The molecule has 0 aromatic heterocycles. The van der Waals surface area contributed by atoms with Crippen LogP contribution >= 0.6 is 0 Å². The van der Waals surface area contributed by atoms with Gasteiger partial charge in [-0.1, -0.05) is 0 Å². The second-order valence-corrected chi connectivity index (χ2v) is 7.74. The smallest absolute Gasteiger partial charge is 0.308 e. The van der Waals surface area contributed by atoms with E-state index in [0.29, 0.717) is 17.8 Å². The molecule has 4 rings (SSSR count). The lowest BCUT2D eigenvalue weighted by Crippen LogP contribution is -2.53. The molecule has 0 aliphatic heterocycles. The topological polar surface area (TPSA) is 98.5 Å². The van der Waals surface area contributed by atoms with Gasteiger partial charge in [0.2, 0.25) is 5.91 Å². The first kappa shape index (κ1) is 16.3. The molecule has 4 fully saturated rings. The van der Waals surface area contributed by atoms with Gasteiger partial charge >= 0.3 is 5.97 Å². The summed E-state index contributed by atoms with van der Waals surface area (Å²) in [5.74, 6) is 1.07. The van der Waals surface area contributed by atoms with Crippen molar-refractivity contribution in [3.63, 3.8) is 0 Å². The van der Waals surface area contributed by atoms with Gasteiger partial charge in [0, 0.05) is 12.0 Å². The minimum atomic E-state index is -0.929. The number of amides is 2. The lowest BCUT2D eigenvalue weighted by atomic mass is 9.49. The Morgan fingerprint density at radius 3 is 2.13 bits per heavy atom. The van der Waals surface area contributed by atoms with Crippen LogP contribution in [0.4, 0.5) is 0 Å². The highest BCUT2D eigenvalue weighted by atomic mass is 16.5. The molecule has 0 aromatic rings. The number of hydrogen-bond acceptors (Lipinski definition) is 4. The molecule has 0 saturated heterocycles. The third-order valence-electron chi connectivity index (χ3n) is 5.84. The third kappa shape index (κ3) is 3.35. The fraction of sp³-hybridized carbons (Fsp3) is 0.824. The van der Waals surface area contributed by atoms with Crippen molar-refractivity contribution in [2.24, 2.45) is 28.9 Å². The predicted octanol–water partition coefficient (Wildman–Crippen LogP) is 1.13. The van der Waals surface area contributed by atoms with Crippen LogP contribution in [-0.4, -0.2) is 30.4 Å². The lowest BCUT2D eigenvalue weighted by molar-refractivity contribution is -0.154. The van der Waals surface area contributed by atoms with Gasteiger partial charge in [0.15, 0.2) is 6.10 Å². The van der Waals surface area contributed by atoms with E-state index >= 15 is 0 Å². The van der Waals surface area contributed by atoms with Gasteiger partial charge in [-0.05, 0) is 63.2 Å². The molecule has 6 nitrogen and oxygen atoms in total. The van der Waals surface area contributed by atoms with Crippen LogP contribution in [0.3, 0.4) is 0 Å². The number of rotatable bonds is 6. The molecule has 4 aliphatic rings. The summed E-state index contributed by atoms with van der Waals surface area (Å²) < 4.78 is 4.88. The Bertz CT molecular complexity index is 481. The molecule has 0 unspecified atom stereocenters. The van der Waals surface area contributed by atoms with Gasteiger partial charge in [-0.25, -0.2) is 0 Å². The molecule has 4 saturated carbocycles. The lowest BCUT2D eigenvalue weighted by Gasteiger charge is -2.55. The molecule has 2 amide bonds. The van der Waals surface area contributed by atoms with Gasteiger partial charge in [0.05, 0.1) is 6.42 Å². The van der Waals surface area contributed by atoms with Gasteiger partial charge in [-0.3, -0.25) is 14.4 Å². The standard InChI is InChI=1S/C17H26N2O4/c1-10(15(18)21)23-14(20)2-3-19-16(22)17-7-11-4-12(8-17)6-13(5-11)9-17/h10-13H,2-9H2,1H3,(H2,18,21)(H,19,22)/t10-,11?,12?,13?,17?/m0/s1. The molecular weight excluding hydrogens is 296 g/mol. The van der Waals surface area contributed by atoms with E-state index in [1.165, 1.54) is 26.2 Å². The van der Waals surface area contributed by atoms with Crippen LogP contribution in [0.25, 0.3) is 0 Å². The van der Waals surface area contributed by atoms with E-state index in [1.807, 2.05) is 0 Å². The van der Waals surface area contributed by atoms with Crippen molar-refractivity contribution in [2.45, 2.75) is 58.0 Å². The number of ether oxygens (including phenoxy) is 1. The quantitative estimate of drug-likeness (QED) is 0.716. The second kappa shape index (κ2) is 6.13. The van der Waals surface area contributed by atoms with Gasteiger partial charge in [-0.15, -0.1) is 0 Å². The summed E-state index contributed by atoms with van der Waals surface area (Å²) in [5, 5.41) is 2.92. The number of esters is 1. The maximum absolute atomic E-state index is 12.7. The highest BCUT2D eigenvalue weighted by molar-refractivity contribution is 5.84. The molecule has 4 bridgehead atoms. The van der Waals surface area contributed by atoms with Crippen molar-refractivity contribution in [1.82, 2.24) is 5.32 Å². The van der Waals surface area contributed by atoms with Crippen LogP contribution in [0.5, 0.6) is 0 Å². The monoisotopic (exact) mass is 322 g/mol. The van der Waals surface area contributed by atoms with E-state index in [2.05, 4.69) is 5.32 Å². The highest BCUT2D eigenvalue weighted by Gasteiger charge is 2.54. The maximum atomic E-state index is 12.7. The Labute approximate surface area is 136 Å². The van der Waals surface area contributed by atoms with Crippen molar-refractivity contribution in [2.75, 3.05) is 6.54 Å². The Morgan fingerprint density at radius 1 is 1.13 bits per heavy atom. The summed E-state index contributed by atoms with van der Waals surface area (Å²) in [6.45, 7) is 1.69. The first-order chi connectivity index (χ1) is 10.9. The van der Waals surface area contributed by atoms with E-state index in [9.17, 15) is 14.4 Å². The zero-order chi connectivity index (χ0) is 16.6. The number of nitrogens with two attached hydrogens (primary N) is 1. The van der Waals surface area contributed by atoms with Crippen molar-refractivity contribution in [1.29, 1.82) is 0 Å². The van der Waals surface area contributed by atoms with E-state index in [4.69, 9.17) is 10.5 Å². The van der Waals surface area contributed by atoms with Gasteiger partial charge in [0.25, 0.3) is 5.91 Å². The fourth-order valence-corrected chi connectivity index (χ4v) is 5.17. The van der Waals surface area contributed by atoms with Crippen LogP contribution < -0.4 is 11.1 Å². The average Bonchev–Trinajstić information content (AvgIpc) is 2.45. The Hall–Kier alpha value is -1.59. The molecule has 0 aromatic carbocycles. The van der Waals surface area contributed by atoms with Gasteiger partial charge < -0.3 is 15.8 Å². The average molecular weight is 322 g/mol. The van der Waals surface area contributed by atoms with E-state index < -0.39 is 18.0 Å². The number of hydrogen-bond donors (Lipinski definition) is 2. The van der Waals surface area contributed by atoms with Crippen molar-refractivity contribution in [3.05, 3.63) is 0 Å². The zero-order valence-corrected chi connectivity index (χ0v) is 13.7. The van der Waals surface area contributed by atoms with Gasteiger partial charge in [0.1, 0.15) is 0 Å². The molecular formula is C17H26N2O4. The fourth-order valence-electron chi connectivity index (χ4n) is 5.17. The van der Waals surface area contributed by atoms with Crippen LogP contribution in [0.15, 0.2) is 0 Å². The van der Waals surface area contributed by atoms with E-state index in [1.54, 1.807) is 0 Å². The highest BCUT2D eigenvalue weighted by Crippen LogP contribution is 2.60. The van der Waals surface area contributed by atoms with Crippen LogP contribution in [0, 0.1) is 23.2 Å². The summed E-state index contributed by atoms with van der Waals surface area (Å²) in [6.07, 6.45) is 6.05. The number of primary amides is 1. The van der Waals surface area contributed by atoms with Gasteiger partial charge in [-0.2, -0.15) is 0 Å². The second-order valence-electron chi connectivity index (χ2n) is 7.74. The summed E-state index contributed by atoms with van der Waals surface area (Å²) in [7, 11) is 0. The molecule has 4 aliphatic carbocycles. The summed E-state index contributed by atoms with van der Waals surface area (Å²) in [5.41, 5.74) is 4.85. The van der Waals surface area contributed by atoms with Crippen LogP contribution in [0.1, 0.15) is 51.9 Å². The molecule has 128 valence electrons. The van der Waals surface area contributed by atoms with E-state index in [-0.39, 0.29) is 24.3 Å². The minimum absolute atomic E-state index is 0.0652. The largest absolute Gasteiger partial charge is 0.453 e. The van der Waals surface area contributed by atoms with Crippen molar-refractivity contribution < 1.29 is 19.1 Å². The number of carbonyl (C=O) groups excluding carboxylic acids is 3. The summed E-state index contributed by atoms with van der Waals surface area (Å²) >= 11 is 0. The maximum Gasteiger partial charge on any atom is 0.308 e. The van der Waals surface area contributed by atoms with Crippen molar-refractivity contribution >= 4 is 17.8 Å². The van der Waals surface area contributed by atoms with Crippen molar-refractivity contribution in [3.8, 4) is 0 Å². The number of carbonyl (C=O) groups is 3. The molecule has 0 heterocycles. The SMILES string of the molecule is C[C@H](OC(=O)CCNC(=O)C12CC3CC(CC(C3)C1)C2)C(N)=O. The Kier molecular flexibility index (Phi) is 4.34. The molecule has 0 spiro atoms. The number of nitrogens with one attached hydrogen (secondary N) is 1. The third-order valence-corrected chi connectivity index (χ3v) is 5.84. The predicted molar refractivity (Wildman–Crippen MR) is 83.0 cm³/mol. The summed E-state index contributed by atoms with van der Waals surface area (Å²) in [6, 6.07) is 0. The Morgan fingerprint density at radius 2 is 1.65 bits per heavy atom. The summed E-state index contributed by atoms with van der Waals surface area (Å²) in [4.78, 5) is 35.1. The Balaban J connectivity index is 1.47. The van der Waals surface area contributed by atoms with Crippen LogP contribution in [-0.2, 0) is 19.1 Å². The first-order valence-corrected chi connectivity index (χ1v) is 8.65. The first-order valence-electron chi connectivity index (χ1n) is 8.65.